The van der Waals surface area contributed by atoms with Gasteiger partial charge in [0.25, 0.3) is 0 Å². The van der Waals surface area contributed by atoms with Gasteiger partial charge in [-0.2, -0.15) is 0 Å². The van der Waals surface area contributed by atoms with Gasteiger partial charge in [-0.05, 0) is 19.8 Å². The molecule has 2 fully saturated rings. The van der Waals surface area contributed by atoms with Crippen molar-refractivity contribution < 1.29 is 9.84 Å². The fourth-order valence-electron chi connectivity index (χ4n) is 3.62. The molecule has 1 N–H and O–H groups in total. The number of nitrogens with zero attached hydrogens (tertiary/aromatic N) is 3. The topological polar surface area (TPSA) is 58.5 Å². The van der Waals surface area contributed by atoms with Gasteiger partial charge in [-0.1, -0.05) is 19.3 Å². The van der Waals surface area contributed by atoms with Crippen LogP contribution in [0.2, 0.25) is 0 Å². The lowest BCUT2D eigenvalue weighted by atomic mass is 9.89. The maximum atomic E-state index is 9.98. The van der Waals surface area contributed by atoms with Crippen LogP contribution in [-0.2, 0) is 11.3 Å². The highest BCUT2D eigenvalue weighted by molar-refractivity contribution is 5.08. The minimum absolute atomic E-state index is 0.0626. The lowest BCUT2D eigenvalue weighted by Gasteiger charge is -2.20. The van der Waals surface area contributed by atoms with Gasteiger partial charge in [0.2, 0.25) is 0 Å². The molecule has 0 aromatic carbocycles. The summed E-state index contributed by atoms with van der Waals surface area (Å²) in [5.74, 6) is 1.57. The number of hydrogen-bond acceptors (Lipinski definition) is 5. The van der Waals surface area contributed by atoms with E-state index in [1.807, 2.05) is 19.3 Å². The maximum Gasteiger partial charge on any atom is 0.131 e. The molecule has 22 heavy (non-hydrogen) atoms. The van der Waals surface area contributed by atoms with Crippen molar-refractivity contribution in [2.24, 2.45) is 0 Å². The van der Waals surface area contributed by atoms with Crippen molar-refractivity contribution in [3.05, 3.63) is 23.8 Å². The third kappa shape index (κ3) is 3.83. The summed E-state index contributed by atoms with van der Waals surface area (Å²) in [7, 11) is 0. The lowest BCUT2D eigenvalue weighted by Crippen LogP contribution is -2.26. The second-order valence-corrected chi connectivity index (χ2v) is 6.54. The van der Waals surface area contributed by atoms with Gasteiger partial charge >= 0.3 is 0 Å². The molecule has 0 bridgehead atoms. The Morgan fingerprint density at radius 2 is 1.91 bits per heavy atom. The first-order chi connectivity index (χ1) is 10.8. The summed E-state index contributed by atoms with van der Waals surface area (Å²) in [4.78, 5) is 11.4. The number of rotatable bonds is 5. The number of ether oxygens (including phenoxy) is 1. The van der Waals surface area contributed by atoms with E-state index in [0.29, 0.717) is 19.1 Å². The summed E-state index contributed by atoms with van der Waals surface area (Å²) in [6.07, 6.45) is 9.89. The zero-order valence-electron chi connectivity index (χ0n) is 13.4. The van der Waals surface area contributed by atoms with Crippen LogP contribution in [0, 0.1) is 0 Å². The molecule has 0 amide bonds. The number of β-amino-alcohol motifs (C(OH)–C–C–N with tert-alkyl or cyclic N) is 1. The van der Waals surface area contributed by atoms with Crippen LogP contribution in [0.15, 0.2) is 12.4 Å². The van der Waals surface area contributed by atoms with Crippen molar-refractivity contribution >= 4 is 0 Å². The van der Waals surface area contributed by atoms with E-state index in [2.05, 4.69) is 14.9 Å². The first kappa shape index (κ1) is 15.8. The minimum Gasteiger partial charge on any atom is -0.389 e. The Bertz CT molecular complexity index is 459. The largest absolute Gasteiger partial charge is 0.389 e. The molecule has 1 aromatic rings. The molecule has 0 radical (unpaired) electrons. The van der Waals surface area contributed by atoms with Gasteiger partial charge in [0.15, 0.2) is 0 Å². The molecule has 1 saturated carbocycles. The Morgan fingerprint density at radius 3 is 2.59 bits per heavy atom. The molecular formula is C17H27N3O2. The van der Waals surface area contributed by atoms with Crippen LogP contribution in [0.25, 0.3) is 0 Å². The SMILES string of the molecule is CCO[C@H]1CN(Cc2cnc(C3CCCCC3)nc2)C[C@@H]1O. The first-order valence-corrected chi connectivity index (χ1v) is 8.59. The van der Waals surface area contributed by atoms with Crippen LogP contribution >= 0.6 is 0 Å². The van der Waals surface area contributed by atoms with Gasteiger partial charge in [-0.25, -0.2) is 9.97 Å². The Balaban J connectivity index is 1.55. The summed E-state index contributed by atoms with van der Waals surface area (Å²) >= 11 is 0. The summed E-state index contributed by atoms with van der Waals surface area (Å²) in [6, 6.07) is 0. The zero-order chi connectivity index (χ0) is 15.4. The van der Waals surface area contributed by atoms with Gasteiger partial charge in [-0.3, -0.25) is 4.90 Å². The van der Waals surface area contributed by atoms with Gasteiger partial charge in [-0.15, -0.1) is 0 Å². The average molecular weight is 305 g/mol. The third-order valence-electron chi connectivity index (χ3n) is 4.80. The molecule has 3 rings (SSSR count). The van der Waals surface area contributed by atoms with Crippen molar-refractivity contribution in [3.63, 3.8) is 0 Å². The van der Waals surface area contributed by atoms with E-state index in [1.54, 1.807) is 0 Å². The fourth-order valence-corrected chi connectivity index (χ4v) is 3.62. The average Bonchev–Trinajstić information content (AvgIpc) is 2.89. The van der Waals surface area contributed by atoms with Crippen LogP contribution in [0.3, 0.4) is 0 Å². The minimum atomic E-state index is -0.387. The highest BCUT2D eigenvalue weighted by atomic mass is 16.5. The number of aromatic nitrogens is 2. The van der Waals surface area contributed by atoms with Gasteiger partial charge in [0.05, 0.1) is 12.2 Å². The van der Waals surface area contributed by atoms with Crippen molar-refractivity contribution in [1.82, 2.24) is 14.9 Å². The van der Waals surface area contributed by atoms with E-state index < -0.39 is 0 Å². The first-order valence-electron chi connectivity index (χ1n) is 8.59. The Labute approximate surface area is 132 Å². The molecule has 1 saturated heterocycles. The number of likely N-dealkylation sites (tertiary alicyclic amines) is 1. The van der Waals surface area contributed by atoms with Crippen LogP contribution in [0.1, 0.15) is 56.3 Å². The van der Waals surface area contributed by atoms with E-state index in [0.717, 1.165) is 24.5 Å². The van der Waals surface area contributed by atoms with E-state index in [1.165, 1.54) is 32.1 Å². The second kappa shape index (κ2) is 7.49. The van der Waals surface area contributed by atoms with Crippen molar-refractivity contribution in [2.45, 2.75) is 63.7 Å². The lowest BCUT2D eigenvalue weighted by molar-refractivity contribution is -0.00245. The molecule has 1 aromatic heterocycles. The smallest absolute Gasteiger partial charge is 0.131 e. The molecule has 5 heteroatoms. The van der Waals surface area contributed by atoms with Gasteiger partial charge in [0, 0.05) is 50.1 Å². The van der Waals surface area contributed by atoms with Crippen LogP contribution in [0.4, 0.5) is 0 Å². The predicted molar refractivity (Wildman–Crippen MR) is 84.6 cm³/mol. The van der Waals surface area contributed by atoms with E-state index in [-0.39, 0.29) is 12.2 Å². The normalized spacial score (nSPS) is 27.4. The zero-order valence-corrected chi connectivity index (χ0v) is 13.4. The van der Waals surface area contributed by atoms with Crippen LogP contribution in [-0.4, -0.2) is 51.9 Å². The summed E-state index contributed by atoms with van der Waals surface area (Å²) in [6.45, 7) is 4.84. The summed E-state index contributed by atoms with van der Waals surface area (Å²) in [5.41, 5.74) is 1.11. The summed E-state index contributed by atoms with van der Waals surface area (Å²) < 4.78 is 5.56. The Kier molecular flexibility index (Phi) is 5.39. The van der Waals surface area contributed by atoms with Gasteiger partial charge in [0.1, 0.15) is 5.82 Å². The monoisotopic (exact) mass is 305 g/mol. The predicted octanol–water partition coefficient (Wildman–Crippen LogP) is 2.11. The van der Waals surface area contributed by atoms with Crippen LogP contribution < -0.4 is 0 Å². The number of hydrogen-bond donors (Lipinski definition) is 1. The number of aliphatic hydroxyl groups excluding tert-OH is 1. The molecule has 2 heterocycles. The number of aliphatic hydroxyl groups is 1. The Hall–Kier alpha value is -1.04. The standard InChI is InChI=1S/C17H27N3O2/c1-2-22-16-12-20(11-15(16)21)10-13-8-18-17(19-9-13)14-6-4-3-5-7-14/h8-9,14-16,21H,2-7,10-12H2,1H3/t15-,16-/m0/s1. The molecule has 2 atom stereocenters. The molecule has 0 unspecified atom stereocenters. The fraction of sp³-hybridized carbons (Fsp3) is 0.765. The molecular weight excluding hydrogens is 278 g/mol. The molecule has 122 valence electrons. The van der Waals surface area contributed by atoms with E-state index in [4.69, 9.17) is 4.74 Å². The molecule has 1 aliphatic heterocycles. The van der Waals surface area contributed by atoms with E-state index >= 15 is 0 Å². The quantitative estimate of drug-likeness (QED) is 0.903. The molecule has 5 nitrogen and oxygen atoms in total. The van der Waals surface area contributed by atoms with Crippen molar-refractivity contribution in [3.8, 4) is 0 Å². The highest BCUT2D eigenvalue weighted by Gasteiger charge is 2.31. The van der Waals surface area contributed by atoms with Crippen molar-refractivity contribution in [1.29, 1.82) is 0 Å². The summed E-state index contributed by atoms with van der Waals surface area (Å²) in [5, 5.41) is 9.98. The Morgan fingerprint density at radius 1 is 1.18 bits per heavy atom. The molecule has 2 aliphatic rings. The van der Waals surface area contributed by atoms with Crippen molar-refractivity contribution in [2.75, 3.05) is 19.7 Å². The van der Waals surface area contributed by atoms with Gasteiger partial charge < -0.3 is 9.84 Å². The highest BCUT2D eigenvalue weighted by Crippen LogP contribution is 2.30. The maximum absolute atomic E-state index is 9.98. The third-order valence-corrected chi connectivity index (χ3v) is 4.80. The second-order valence-electron chi connectivity index (χ2n) is 6.54. The molecule has 0 spiro atoms. The molecule has 1 aliphatic carbocycles. The van der Waals surface area contributed by atoms with E-state index in [9.17, 15) is 5.11 Å². The van der Waals surface area contributed by atoms with Crippen LogP contribution in [0.5, 0.6) is 0 Å².